The first-order valence-electron chi connectivity index (χ1n) is 8.03. The molecule has 0 fully saturated rings. The summed E-state index contributed by atoms with van der Waals surface area (Å²) in [4.78, 5) is 3.20. The summed E-state index contributed by atoms with van der Waals surface area (Å²) in [6, 6.07) is 15.9. The Balaban J connectivity index is 1.55. The van der Waals surface area contributed by atoms with Gasteiger partial charge in [-0.3, -0.25) is 0 Å². The van der Waals surface area contributed by atoms with Gasteiger partial charge >= 0.3 is 0 Å². The van der Waals surface area contributed by atoms with Crippen molar-refractivity contribution in [2.45, 2.75) is 6.23 Å². The number of rotatable bonds is 2. The fraction of sp³-hybridized carbons (Fsp3) is 0.0526. The summed E-state index contributed by atoms with van der Waals surface area (Å²) < 4.78 is 1.71. The number of aromatic amines is 1. The van der Waals surface area contributed by atoms with Crippen molar-refractivity contribution >= 4 is 28.2 Å². The van der Waals surface area contributed by atoms with Crippen LogP contribution in [0.3, 0.4) is 0 Å². The molecule has 1 aliphatic rings. The monoisotopic (exact) mass is 329 g/mol. The van der Waals surface area contributed by atoms with Gasteiger partial charge in [-0.15, -0.1) is 5.10 Å². The molecule has 4 aromatic rings. The number of benzene rings is 2. The molecule has 0 saturated heterocycles. The van der Waals surface area contributed by atoms with Gasteiger partial charge in [0.2, 0.25) is 0 Å². The summed E-state index contributed by atoms with van der Waals surface area (Å²) in [5, 5.41) is 23.1. The topological polar surface area (TPSA) is 78.8 Å². The highest BCUT2D eigenvalue weighted by molar-refractivity contribution is 5.90. The van der Waals surface area contributed by atoms with E-state index in [9.17, 15) is 5.11 Å². The number of anilines is 1. The van der Waals surface area contributed by atoms with Crippen LogP contribution in [0, 0.1) is 0 Å². The second kappa shape index (κ2) is 5.32. The van der Waals surface area contributed by atoms with E-state index in [4.69, 9.17) is 0 Å². The van der Waals surface area contributed by atoms with Crippen molar-refractivity contribution in [3.63, 3.8) is 0 Å². The van der Waals surface area contributed by atoms with Crippen molar-refractivity contribution < 1.29 is 5.11 Å². The number of aliphatic hydroxyl groups excluding tert-OH is 1. The van der Waals surface area contributed by atoms with Crippen molar-refractivity contribution in [2.75, 3.05) is 5.32 Å². The fourth-order valence-electron chi connectivity index (χ4n) is 3.14. The SMILES string of the molecule is OC1Nc2ccccc2C=C1c1cn(-c2ccc3cc[nH]c3c2)nn1. The summed E-state index contributed by atoms with van der Waals surface area (Å²) in [6.07, 6.45) is 4.87. The first kappa shape index (κ1) is 14.0. The minimum absolute atomic E-state index is 0.640. The van der Waals surface area contributed by atoms with Crippen LogP contribution in [-0.2, 0) is 0 Å². The smallest absolute Gasteiger partial charge is 0.153 e. The van der Waals surface area contributed by atoms with Crippen LogP contribution in [0.25, 0.3) is 28.2 Å². The number of fused-ring (bicyclic) bond motifs is 2. The number of hydrogen-bond donors (Lipinski definition) is 3. The molecule has 3 heterocycles. The molecule has 6 heteroatoms. The molecular weight excluding hydrogens is 314 g/mol. The summed E-state index contributed by atoms with van der Waals surface area (Å²) >= 11 is 0. The molecule has 1 aliphatic heterocycles. The third-order valence-electron chi connectivity index (χ3n) is 4.45. The van der Waals surface area contributed by atoms with Gasteiger partial charge in [-0.05, 0) is 41.3 Å². The van der Waals surface area contributed by atoms with Gasteiger partial charge < -0.3 is 15.4 Å². The number of H-pyrrole nitrogens is 1. The van der Waals surface area contributed by atoms with E-state index in [1.807, 2.05) is 67.0 Å². The van der Waals surface area contributed by atoms with E-state index in [1.54, 1.807) is 4.68 Å². The molecule has 122 valence electrons. The van der Waals surface area contributed by atoms with E-state index < -0.39 is 6.23 Å². The van der Waals surface area contributed by atoms with E-state index in [2.05, 4.69) is 20.6 Å². The van der Waals surface area contributed by atoms with Crippen LogP contribution in [0.2, 0.25) is 0 Å². The van der Waals surface area contributed by atoms with Crippen LogP contribution in [0.5, 0.6) is 0 Å². The van der Waals surface area contributed by atoms with Crippen LogP contribution >= 0.6 is 0 Å². The normalized spacial score (nSPS) is 16.4. The number of nitrogens with zero attached hydrogens (tertiary/aromatic N) is 3. The molecule has 1 atom stereocenters. The quantitative estimate of drug-likeness (QED) is 0.528. The average Bonchev–Trinajstić information content (AvgIpc) is 3.29. The number of hydrogen-bond acceptors (Lipinski definition) is 4. The standard InChI is InChI=1S/C19H15N5O/c25-19-15(9-13-3-1-2-4-16(13)21-19)18-11-24(23-22-18)14-6-5-12-7-8-20-17(12)10-14/h1-11,19-21,25H. The third kappa shape index (κ3) is 2.31. The highest BCUT2D eigenvalue weighted by atomic mass is 16.3. The van der Waals surface area contributed by atoms with Crippen LogP contribution in [0.15, 0.2) is 60.9 Å². The largest absolute Gasteiger partial charge is 0.369 e. The van der Waals surface area contributed by atoms with E-state index >= 15 is 0 Å². The predicted molar refractivity (Wildman–Crippen MR) is 97.2 cm³/mol. The molecule has 25 heavy (non-hydrogen) atoms. The van der Waals surface area contributed by atoms with Crippen LogP contribution in [0.4, 0.5) is 5.69 Å². The van der Waals surface area contributed by atoms with Crippen LogP contribution in [-0.4, -0.2) is 31.3 Å². The molecule has 0 saturated carbocycles. The third-order valence-corrected chi connectivity index (χ3v) is 4.45. The maximum Gasteiger partial charge on any atom is 0.153 e. The molecule has 0 bridgehead atoms. The second-order valence-electron chi connectivity index (χ2n) is 6.03. The average molecular weight is 329 g/mol. The van der Waals surface area contributed by atoms with Gasteiger partial charge in [0.25, 0.3) is 0 Å². The summed E-state index contributed by atoms with van der Waals surface area (Å²) in [5.41, 5.74) is 5.22. The molecule has 0 radical (unpaired) electrons. The maximum absolute atomic E-state index is 10.4. The molecule has 5 rings (SSSR count). The Morgan fingerprint density at radius 2 is 2.00 bits per heavy atom. The highest BCUT2D eigenvalue weighted by Gasteiger charge is 2.21. The zero-order chi connectivity index (χ0) is 16.8. The lowest BCUT2D eigenvalue weighted by Gasteiger charge is -2.22. The van der Waals surface area contributed by atoms with E-state index in [0.717, 1.165) is 27.8 Å². The van der Waals surface area contributed by atoms with Gasteiger partial charge in [0, 0.05) is 23.0 Å². The Bertz CT molecular complexity index is 1110. The highest BCUT2D eigenvalue weighted by Crippen LogP contribution is 2.30. The van der Waals surface area contributed by atoms with Crippen molar-refractivity contribution in [1.82, 2.24) is 20.0 Å². The van der Waals surface area contributed by atoms with Crippen LogP contribution < -0.4 is 5.32 Å². The van der Waals surface area contributed by atoms with Gasteiger partial charge in [0.15, 0.2) is 6.23 Å². The molecule has 1 unspecified atom stereocenters. The van der Waals surface area contributed by atoms with Gasteiger partial charge in [-0.2, -0.15) is 0 Å². The Kier molecular flexibility index (Phi) is 2.98. The van der Waals surface area contributed by atoms with Crippen molar-refractivity contribution in [1.29, 1.82) is 0 Å². The van der Waals surface area contributed by atoms with E-state index in [1.165, 1.54) is 0 Å². The molecule has 2 aromatic carbocycles. The van der Waals surface area contributed by atoms with Crippen molar-refractivity contribution in [3.8, 4) is 5.69 Å². The fourth-order valence-corrected chi connectivity index (χ4v) is 3.14. The summed E-state index contributed by atoms with van der Waals surface area (Å²) in [5.74, 6) is 0. The van der Waals surface area contributed by atoms with E-state index in [-0.39, 0.29) is 0 Å². The minimum Gasteiger partial charge on any atom is -0.369 e. The number of aliphatic hydroxyl groups is 1. The molecule has 2 aromatic heterocycles. The number of nitrogens with one attached hydrogen (secondary N) is 2. The lowest BCUT2D eigenvalue weighted by molar-refractivity contribution is 0.261. The predicted octanol–water partition coefficient (Wildman–Crippen LogP) is 3.03. The van der Waals surface area contributed by atoms with Crippen LogP contribution in [0.1, 0.15) is 11.3 Å². The zero-order valence-corrected chi connectivity index (χ0v) is 13.2. The Morgan fingerprint density at radius 3 is 2.96 bits per heavy atom. The number of para-hydroxylation sites is 1. The molecular formula is C19H15N5O. The lowest BCUT2D eigenvalue weighted by atomic mass is 10.0. The van der Waals surface area contributed by atoms with Gasteiger partial charge in [-0.25, -0.2) is 4.68 Å². The minimum atomic E-state index is -0.814. The Morgan fingerprint density at radius 1 is 1.08 bits per heavy atom. The first-order valence-corrected chi connectivity index (χ1v) is 8.03. The lowest BCUT2D eigenvalue weighted by Crippen LogP contribution is -2.24. The summed E-state index contributed by atoms with van der Waals surface area (Å²) in [7, 11) is 0. The maximum atomic E-state index is 10.4. The molecule has 6 nitrogen and oxygen atoms in total. The van der Waals surface area contributed by atoms with Gasteiger partial charge in [-0.1, -0.05) is 29.5 Å². The van der Waals surface area contributed by atoms with Crippen molar-refractivity contribution in [3.05, 3.63) is 72.2 Å². The Labute approximate surface area is 143 Å². The second-order valence-corrected chi connectivity index (χ2v) is 6.03. The molecule has 0 aliphatic carbocycles. The number of aromatic nitrogens is 4. The van der Waals surface area contributed by atoms with Crippen molar-refractivity contribution in [2.24, 2.45) is 0 Å². The summed E-state index contributed by atoms with van der Waals surface area (Å²) in [6.45, 7) is 0. The molecule has 0 amide bonds. The molecule has 0 spiro atoms. The zero-order valence-electron chi connectivity index (χ0n) is 13.2. The first-order chi connectivity index (χ1) is 12.3. The Hall–Kier alpha value is -3.38. The van der Waals surface area contributed by atoms with Gasteiger partial charge in [0.1, 0.15) is 5.69 Å². The van der Waals surface area contributed by atoms with E-state index in [0.29, 0.717) is 11.3 Å². The van der Waals surface area contributed by atoms with Gasteiger partial charge in [0.05, 0.1) is 11.9 Å². The molecule has 3 N–H and O–H groups in total.